The van der Waals surface area contributed by atoms with Gasteiger partial charge in [-0.25, -0.2) is 4.79 Å². The first kappa shape index (κ1) is 15.2. The summed E-state index contributed by atoms with van der Waals surface area (Å²) >= 11 is 0. The second kappa shape index (κ2) is 7.54. The Morgan fingerprint density at radius 3 is 2.83 bits per heavy atom. The fraction of sp³-hybridized carbons (Fsp3) is 0.786. The molecule has 1 aliphatic rings. The molecule has 0 aromatic rings. The van der Waals surface area contributed by atoms with Crippen molar-refractivity contribution in [2.75, 3.05) is 19.8 Å². The summed E-state index contributed by atoms with van der Waals surface area (Å²) in [5.41, 5.74) is -0.201. The average Bonchev–Trinajstić information content (AvgIpc) is 2.36. The molecule has 18 heavy (non-hydrogen) atoms. The van der Waals surface area contributed by atoms with Crippen molar-refractivity contribution in [1.82, 2.24) is 0 Å². The largest absolute Gasteiger partial charge is 0.463 e. The molecule has 0 N–H and O–H groups in total. The summed E-state index contributed by atoms with van der Waals surface area (Å²) in [7, 11) is 0. The number of rotatable bonds is 6. The molecule has 0 spiro atoms. The third-order valence-corrected chi connectivity index (χ3v) is 2.74. The molecule has 1 aliphatic heterocycles. The average molecular weight is 256 g/mol. The number of carbonyl (C=O) groups is 1. The van der Waals surface area contributed by atoms with Gasteiger partial charge in [-0.2, -0.15) is 0 Å². The fourth-order valence-electron chi connectivity index (χ4n) is 1.68. The number of hydrogen-bond donors (Lipinski definition) is 0. The predicted octanol–water partition coefficient (Wildman–Crippen LogP) is 2.68. The highest BCUT2D eigenvalue weighted by molar-refractivity contribution is 5.81. The fourth-order valence-corrected chi connectivity index (χ4v) is 1.68. The van der Waals surface area contributed by atoms with Crippen LogP contribution in [0.3, 0.4) is 0 Å². The maximum Gasteiger partial charge on any atom is 0.330 e. The Balaban J connectivity index is 2.31. The minimum Gasteiger partial charge on any atom is -0.463 e. The lowest BCUT2D eigenvalue weighted by molar-refractivity contribution is -0.172. The monoisotopic (exact) mass is 256 g/mol. The van der Waals surface area contributed by atoms with E-state index in [1.54, 1.807) is 6.92 Å². The third kappa shape index (κ3) is 6.17. The molecule has 0 bridgehead atoms. The van der Waals surface area contributed by atoms with Crippen LogP contribution >= 0.6 is 0 Å². The van der Waals surface area contributed by atoms with Crippen molar-refractivity contribution in [1.29, 1.82) is 0 Å². The molecule has 4 heteroatoms. The van der Waals surface area contributed by atoms with E-state index < -0.39 is 0 Å². The lowest BCUT2D eigenvalue weighted by atomic mass is 9.94. The maximum atomic E-state index is 11.2. The first-order valence-electron chi connectivity index (χ1n) is 6.63. The van der Waals surface area contributed by atoms with Gasteiger partial charge in [0.25, 0.3) is 0 Å². The van der Waals surface area contributed by atoms with E-state index in [9.17, 15) is 4.79 Å². The lowest BCUT2D eigenvalue weighted by Crippen LogP contribution is -2.27. The summed E-state index contributed by atoms with van der Waals surface area (Å²) < 4.78 is 16.1. The van der Waals surface area contributed by atoms with E-state index in [0.29, 0.717) is 13.2 Å². The zero-order valence-corrected chi connectivity index (χ0v) is 11.6. The standard InChI is InChI=1S/C14H24O4/c1-4-16-12(15)8-9-14(2,3)11-18-13-7-5-6-10-17-13/h8-9,13H,4-7,10-11H2,1-3H3. The van der Waals surface area contributed by atoms with E-state index in [-0.39, 0.29) is 17.7 Å². The molecule has 1 atom stereocenters. The van der Waals surface area contributed by atoms with Crippen LogP contribution < -0.4 is 0 Å². The van der Waals surface area contributed by atoms with Crippen LogP contribution in [0.1, 0.15) is 40.0 Å². The molecule has 1 rings (SSSR count). The number of carbonyl (C=O) groups excluding carboxylic acids is 1. The van der Waals surface area contributed by atoms with E-state index in [1.165, 1.54) is 6.08 Å². The Kier molecular flexibility index (Phi) is 6.36. The maximum absolute atomic E-state index is 11.2. The molecule has 1 unspecified atom stereocenters. The van der Waals surface area contributed by atoms with Crippen molar-refractivity contribution in [2.45, 2.75) is 46.3 Å². The molecule has 104 valence electrons. The molecule has 0 amide bonds. The Morgan fingerprint density at radius 1 is 1.44 bits per heavy atom. The van der Waals surface area contributed by atoms with Crippen LogP contribution in [0.25, 0.3) is 0 Å². The first-order chi connectivity index (χ1) is 8.53. The summed E-state index contributed by atoms with van der Waals surface area (Å²) in [6.45, 7) is 7.55. The summed E-state index contributed by atoms with van der Waals surface area (Å²) in [6.07, 6.45) is 6.43. The molecule has 0 saturated carbocycles. The highest BCUT2D eigenvalue weighted by Gasteiger charge is 2.20. The van der Waals surface area contributed by atoms with Crippen LogP contribution in [-0.4, -0.2) is 32.1 Å². The van der Waals surface area contributed by atoms with Crippen LogP contribution in [0.4, 0.5) is 0 Å². The third-order valence-electron chi connectivity index (χ3n) is 2.74. The van der Waals surface area contributed by atoms with E-state index in [2.05, 4.69) is 0 Å². The van der Waals surface area contributed by atoms with Crippen molar-refractivity contribution in [2.24, 2.45) is 5.41 Å². The summed E-state index contributed by atoms with van der Waals surface area (Å²) in [5, 5.41) is 0. The Morgan fingerprint density at radius 2 is 2.22 bits per heavy atom. The van der Waals surface area contributed by atoms with Gasteiger partial charge in [0.1, 0.15) is 0 Å². The van der Waals surface area contributed by atoms with Crippen LogP contribution in [0, 0.1) is 5.41 Å². The van der Waals surface area contributed by atoms with Gasteiger partial charge in [-0.15, -0.1) is 0 Å². The summed E-state index contributed by atoms with van der Waals surface area (Å²) in [5.74, 6) is -0.306. The summed E-state index contributed by atoms with van der Waals surface area (Å²) in [6, 6.07) is 0. The second-order valence-electron chi connectivity index (χ2n) is 5.18. The molecule has 1 saturated heterocycles. The van der Waals surface area contributed by atoms with Gasteiger partial charge in [0.05, 0.1) is 13.2 Å². The zero-order valence-electron chi connectivity index (χ0n) is 11.6. The second-order valence-corrected chi connectivity index (χ2v) is 5.18. The van der Waals surface area contributed by atoms with Crippen molar-refractivity contribution in [3.8, 4) is 0 Å². The van der Waals surface area contributed by atoms with E-state index >= 15 is 0 Å². The zero-order chi connectivity index (χ0) is 13.4. The van der Waals surface area contributed by atoms with Crippen LogP contribution in [0.5, 0.6) is 0 Å². The SMILES string of the molecule is CCOC(=O)C=CC(C)(C)COC1CCCCO1. The molecule has 0 aromatic carbocycles. The normalized spacial score (nSPS) is 21.2. The minimum atomic E-state index is -0.306. The van der Waals surface area contributed by atoms with Gasteiger partial charge in [0.15, 0.2) is 6.29 Å². The highest BCUT2D eigenvalue weighted by atomic mass is 16.7. The predicted molar refractivity (Wildman–Crippen MR) is 69.1 cm³/mol. The molecule has 4 nitrogen and oxygen atoms in total. The highest BCUT2D eigenvalue weighted by Crippen LogP contribution is 2.21. The molecular formula is C14H24O4. The Hall–Kier alpha value is -0.870. The quantitative estimate of drug-likeness (QED) is 0.541. The molecule has 1 heterocycles. The molecular weight excluding hydrogens is 232 g/mol. The van der Waals surface area contributed by atoms with Crippen LogP contribution in [0.2, 0.25) is 0 Å². The van der Waals surface area contributed by atoms with Gasteiger partial charge in [-0.05, 0) is 26.2 Å². The van der Waals surface area contributed by atoms with Crippen molar-refractivity contribution in [3.63, 3.8) is 0 Å². The Labute approximate surface area is 109 Å². The van der Waals surface area contributed by atoms with Crippen LogP contribution in [0.15, 0.2) is 12.2 Å². The number of ether oxygens (including phenoxy) is 3. The van der Waals surface area contributed by atoms with Gasteiger partial charge >= 0.3 is 5.97 Å². The van der Waals surface area contributed by atoms with Gasteiger partial charge in [-0.1, -0.05) is 19.9 Å². The smallest absolute Gasteiger partial charge is 0.330 e. The first-order valence-corrected chi connectivity index (χ1v) is 6.63. The number of hydrogen-bond acceptors (Lipinski definition) is 4. The Bertz CT molecular complexity index is 278. The molecule has 0 radical (unpaired) electrons. The van der Waals surface area contributed by atoms with Gasteiger partial charge < -0.3 is 14.2 Å². The van der Waals surface area contributed by atoms with E-state index in [0.717, 1.165) is 25.9 Å². The van der Waals surface area contributed by atoms with Crippen LogP contribution in [-0.2, 0) is 19.0 Å². The van der Waals surface area contributed by atoms with Crippen molar-refractivity contribution >= 4 is 5.97 Å². The molecule has 1 fully saturated rings. The topological polar surface area (TPSA) is 44.8 Å². The van der Waals surface area contributed by atoms with E-state index in [1.807, 2.05) is 19.9 Å². The minimum absolute atomic E-state index is 0.0889. The van der Waals surface area contributed by atoms with Gasteiger partial charge in [0.2, 0.25) is 0 Å². The van der Waals surface area contributed by atoms with Gasteiger partial charge in [0, 0.05) is 18.1 Å². The van der Waals surface area contributed by atoms with Crippen molar-refractivity contribution < 1.29 is 19.0 Å². The molecule has 0 aliphatic carbocycles. The molecule has 0 aromatic heterocycles. The summed E-state index contributed by atoms with van der Waals surface area (Å²) in [4.78, 5) is 11.2. The van der Waals surface area contributed by atoms with E-state index in [4.69, 9.17) is 14.2 Å². The number of esters is 1. The van der Waals surface area contributed by atoms with Crippen molar-refractivity contribution in [3.05, 3.63) is 12.2 Å². The van der Waals surface area contributed by atoms with Gasteiger partial charge in [-0.3, -0.25) is 0 Å². The lowest BCUT2D eigenvalue weighted by Gasteiger charge is -2.27.